The summed E-state index contributed by atoms with van der Waals surface area (Å²) in [5.74, 6) is 0. The molecular formula is C12H4Cl2F6N2O2S. The topological polar surface area (TPSA) is 54.9 Å². The first-order chi connectivity index (χ1) is 11.3. The maximum atomic E-state index is 12.6. The van der Waals surface area contributed by atoms with Crippen LogP contribution in [0.15, 0.2) is 32.7 Å². The van der Waals surface area contributed by atoms with Crippen LogP contribution in [0, 0.1) is 0 Å². The lowest BCUT2D eigenvalue weighted by Gasteiger charge is -2.14. The van der Waals surface area contributed by atoms with Crippen molar-refractivity contribution in [3.8, 4) is 5.69 Å². The largest absolute Gasteiger partial charge is 0.446 e. The van der Waals surface area contributed by atoms with E-state index in [9.17, 15) is 35.9 Å². The highest BCUT2D eigenvalue weighted by Gasteiger charge is 2.34. The van der Waals surface area contributed by atoms with Crippen molar-refractivity contribution >= 4 is 35.0 Å². The summed E-state index contributed by atoms with van der Waals surface area (Å²) in [5, 5.41) is -1.12. The molecule has 136 valence electrons. The first-order valence-electron chi connectivity index (χ1n) is 5.99. The zero-order chi connectivity index (χ0) is 19.2. The van der Waals surface area contributed by atoms with Crippen LogP contribution < -0.4 is 11.2 Å². The molecule has 0 aliphatic rings. The normalized spacial score (nSPS) is 12.5. The summed E-state index contributed by atoms with van der Waals surface area (Å²) in [5.41, 5.74) is -9.87. The van der Waals surface area contributed by atoms with Gasteiger partial charge in [0.15, 0.2) is 0 Å². The van der Waals surface area contributed by atoms with E-state index in [2.05, 4.69) is 0 Å². The molecule has 1 N–H and O–H groups in total. The van der Waals surface area contributed by atoms with Crippen LogP contribution in [0.5, 0.6) is 0 Å². The summed E-state index contributed by atoms with van der Waals surface area (Å²) in [6.45, 7) is 0. The van der Waals surface area contributed by atoms with Crippen molar-refractivity contribution < 1.29 is 26.3 Å². The molecule has 0 aliphatic carbocycles. The van der Waals surface area contributed by atoms with Crippen molar-refractivity contribution in [3.63, 3.8) is 0 Å². The Bertz CT molecular complexity index is 904. The highest BCUT2D eigenvalue weighted by molar-refractivity contribution is 8.00. The van der Waals surface area contributed by atoms with E-state index in [0.29, 0.717) is 0 Å². The van der Waals surface area contributed by atoms with Crippen molar-refractivity contribution in [1.82, 2.24) is 9.55 Å². The molecule has 1 heterocycles. The number of rotatable bonds is 2. The second-order valence-electron chi connectivity index (χ2n) is 4.42. The van der Waals surface area contributed by atoms with E-state index in [-0.39, 0.29) is 10.6 Å². The molecule has 0 fully saturated rings. The zero-order valence-corrected chi connectivity index (χ0v) is 13.8. The standard InChI is InChI=1S/C12H4Cl2F6N2O2S/c13-4-1-2-5(8(14)9(4)25-12(18,19)20)22-7(23)3-6(11(15,16)17)21-10(22)24/h1-3H,(H,21,24). The molecule has 0 bridgehead atoms. The van der Waals surface area contributed by atoms with Crippen molar-refractivity contribution in [2.75, 3.05) is 0 Å². The number of hydrogen-bond donors (Lipinski definition) is 1. The Hall–Kier alpha value is -1.59. The van der Waals surface area contributed by atoms with Gasteiger partial charge in [0.25, 0.3) is 5.56 Å². The molecule has 2 rings (SSSR count). The van der Waals surface area contributed by atoms with Gasteiger partial charge in [-0.25, -0.2) is 9.36 Å². The van der Waals surface area contributed by atoms with E-state index < -0.39 is 61.0 Å². The fourth-order valence-corrected chi connectivity index (χ4v) is 3.06. The zero-order valence-electron chi connectivity index (χ0n) is 11.4. The van der Waals surface area contributed by atoms with Crippen molar-refractivity contribution in [2.45, 2.75) is 16.6 Å². The van der Waals surface area contributed by atoms with Gasteiger partial charge in [0.05, 0.1) is 20.6 Å². The van der Waals surface area contributed by atoms with Crippen LogP contribution in [0.1, 0.15) is 5.69 Å². The summed E-state index contributed by atoms with van der Waals surface area (Å²) >= 11 is 10.7. The summed E-state index contributed by atoms with van der Waals surface area (Å²) < 4.78 is 75.6. The predicted octanol–water partition coefficient (Wildman–Crippen LogP) is 4.46. The van der Waals surface area contributed by atoms with Crippen LogP contribution >= 0.6 is 35.0 Å². The number of aromatic nitrogens is 2. The van der Waals surface area contributed by atoms with Gasteiger partial charge in [0.2, 0.25) is 0 Å². The van der Waals surface area contributed by atoms with Gasteiger partial charge < -0.3 is 4.98 Å². The highest BCUT2D eigenvalue weighted by Crippen LogP contribution is 2.45. The van der Waals surface area contributed by atoms with Crippen LogP contribution in [0.4, 0.5) is 26.3 Å². The molecule has 0 saturated carbocycles. The van der Waals surface area contributed by atoms with Crippen LogP contribution in [0.25, 0.3) is 5.69 Å². The summed E-state index contributed by atoms with van der Waals surface area (Å²) in [6, 6.07) is 1.96. The minimum Gasteiger partial charge on any atom is -0.303 e. The minimum absolute atomic E-state index is 0.0862. The number of nitrogens with one attached hydrogen (secondary N) is 1. The van der Waals surface area contributed by atoms with Gasteiger partial charge in [-0.2, -0.15) is 26.3 Å². The monoisotopic (exact) mass is 424 g/mol. The Balaban J connectivity index is 2.71. The van der Waals surface area contributed by atoms with Crippen molar-refractivity contribution in [3.05, 3.63) is 54.8 Å². The van der Waals surface area contributed by atoms with E-state index in [1.807, 2.05) is 0 Å². The smallest absolute Gasteiger partial charge is 0.303 e. The molecule has 0 radical (unpaired) electrons. The minimum atomic E-state index is -4.99. The third-order valence-electron chi connectivity index (χ3n) is 2.73. The Kier molecular flexibility index (Phi) is 5.22. The Morgan fingerprint density at radius 1 is 1.04 bits per heavy atom. The molecule has 1 aromatic heterocycles. The molecule has 0 saturated heterocycles. The predicted molar refractivity (Wildman–Crippen MR) is 79.6 cm³/mol. The van der Waals surface area contributed by atoms with Crippen molar-refractivity contribution in [1.29, 1.82) is 0 Å². The van der Waals surface area contributed by atoms with Gasteiger partial charge in [-0.1, -0.05) is 23.2 Å². The second kappa shape index (κ2) is 6.61. The highest BCUT2D eigenvalue weighted by atomic mass is 35.5. The molecule has 0 spiro atoms. The Morgan fingerprint density at radius 3 is 2.12 bits per heavy atom. The van der Waals surface area contributed by atoms with E-state index in [0.717, 1.165) is 12.1 Å². The number of nitrogens with zero attached hydrogens (tertiary/aromatic N) is 1. The van der Waals surface area contributed by atoms with E-state index >= 15 is 0 Å². The fraction of sp³-hybridized carbons (Fsp3) is 0.167. The third kappa shape index (κ3) is 4.33. The van der Waals surface area contributed by atoms with Gasteiger partial charge in [-0.3, -0.25) is 4.79 Å². The molecule has 0 aliphatic heterocycles. The first-order valence-corrected chi connectivity index (χ1v) is 7.56. The van der Waals surface area contributed by atoms with Crippen molar-refractivity contribution in [2.24, 2.45) is 0 Å². The lowest BCUT2D eigenvalue weighted by atomic mass is 10.3. The number of hydrogen-bond acceptors (Lipinski definition) is 3. The van der Waals surface area contributed by atoms with Gasteiger partial charge in [-0.05, 0) is 23.9 Å². The average Bonchev–Trinajstić information content (AvgIpc) is 2.43. The molecule has 0 atom stereocenters. The van der Waals surface area contributed by atoms with Crippen LogP contribution in [0.3, 0.4) is 0 Å². The van der Waals surface area contributed by atoms with E-state index in [1.165, 1.54) is 4.98 Å². The number of benzene rings is 1. The molecular weight excluding hydrogens is 421 g/mol. The van der Waals surface area contributed by atoms with Crippen LogP contribution in [0.2, 0.25) is 10.0 Å². The van der Waals surface area contributed by atoms with Crippen LogP contribution in [-0.2, 0) is 6.18 Å². The molecule has 4 nitrogen and oxygen atoms in total. The number of H-pyrrole nitrogens is 1. The SMILES string of the molecule is O=c1cc(C(F)(F)F)[nH]c(=O)n1-c1ccc(Cl)c(SC(F)(F)F)c1Cl. The van der Waals surface area contributed by atoms with E-state index in [4.69, 9.17) is 23.2 Å². The number of alkyl halides is 6. The first kappa shape index (κ1) is 19.7. The number of aromatic amines is 1. The maximum absolute atomic E-state index is 12.6. The van der Waals surface area contributed by atoms with Gasteiger partial charge in [0, 0.05) is 6.07 Å². The average molecular weight is 425 g/mol. The number of thioether (sulfide) groups is 1. The molecule has 13 heteroatoms. The molecule has 25 heavy (non-hydrogen) atoms. The fourth-order valence-electron chi connectivity index (χ4n) is 1.78. The summed E-state index contributed by atoms with van der Waals surface area (Å²) in [4.78, 5) is 24.4. The van der Waals surface area contributed by atoms with E-state index in [1.54, 1.807) is 0 Å². The summed E-state index contributed by atoms with van der Waals surface area (Å²) in [7, 11) is 0. The summed E-state index contributed by atoms with van der Waals surface area (Å²) in [6.07, 6.45) is -4.99. The van der Waals surface area contributed by atoms with Gasteiger partial charge >= 0.3 is 17.4 Å². The second-order valence-corrected chi connectivity index (χ2v) is 6.28. The van der Waals surface area contributed by atoms with Crippen LogP contribution in [-0.4, -0.2) is 15.1 Å². The van der Waals surface area contributed by atoms with Gasteiger partial charge in [-0.15, -0.1) is 0 Å². The number of halogens is 8. The molecule has 1 aromatic carbocycles. The maximum Gasteiger partial charge on any atom is 0.446 e. The van der Waals surface area contributed by atoms with Gasteiger partial charge in [0.1, 0.15) is 5.69 Å². The molecule has 0 unspecified atom stereocenters. The lowest BCUT2D eigenvalue weighted by molar-refractivity contribution is -0.141. The molecule has 2 aromatic rings. The third-order valence-corrected chi connectivity index (χ3v) is 4.51. The Labute approximate surface area is 148 Å². The Morgan fingerprint density at radius 2 is 1.64 bits per heavy atom. The quantitative estimate of drug-likeness (QED) is 0.571. The lowest BCUT2D eigenvalue weighted by Crippen LogP contribution is -2.36. The molecule has 0 amide bonds.